The van der Waals surface area contributed by atoms with Gasteiger partial charge in [-0.2, -0.15) is 0 Å². The zero-order chi connectivity index (χ0) is 20.9. The number of esters is 1. The van der Waals surface area contributed by atoms with Gasteiger partial charge < -0.3 is 24.1 Å². The second-order valence-corrected chi connectivity index (χ2v) is 6.47. The molecule has 0 aliphatic rings. The molecule has 2 rings (SSSR count). The maximum absolute atomic E-state index is 11.4. The highest BCUT2D eigenvalue weighted by Gasteiger charge is 2.21. The monoisotopic (exact) mass is 400 g/mol. The topological polar surface area (TPSA) is 89.1 Å². The van der Waals surface area contributed by atoms with E-state index < -0.39 is 12.2 Å². The van der Waals surface area contributed by atoms with Crippen LogP contribution in [0.4, 0.5) is 0 Å². The maximum Gasteiger partial charge on any atom is 0.306 e. The fourth-order valence-corrected chi connectivity index (χ4v) is 2.60. The summed E-state index contributed by atoms with van der Waals surface area (Å²) in [5, 5.41) is 20.3. The molecule has 2 aromatic rings. The van der Waals surface area contributed by atoms with Crippen molar-refractivity contribution in [2.75, 3.05) is 13.2 Å². The van der Waals surface area contributed by atoms with Crippen LogP contribution in [0.5, 0.6) is 0 Å². The van der Waals surface area contributed by atoms with Gasteiger partial charge in [0.1, 0.15) is 17.6 Å². The average molecular weight is 400 g/mol. The molecule has 2 N–H and O–H groups in total. The summed E-state index contributed by atoms with van der Waals surface area (Å²) >= 11 is 0. The molecular weight excluding hydrogens is 372 g/mol. The van der Waals surface area contributed by atoms with E-state index in [9.17, 15) is 15.0 Å². The van der Waals surface area contributed by atoms with E-state index in [0.29, 0.717) is 38.4 Å². The van der Waals surface area contributed by atoms with Gasteiger partial charge in [0.05, 0.1) is 32.3 Å². The Morgan fingerprint density at radius 3 is 2.69 bits per heavy atom. The first-order valence-electron chi connectivity index (χ1n) is 9.78. The van der Waals surface area contributed by atoms with Gasteiger partial charge in [0.25, 0.3) is 0 Å². The van der Waals surface area contributed by atoms with Crippen molar-refractivity contribution >= 4 is 5.97 Å². The summed E-state index contributed by atoms with van der Waals surface area (Å²) in [6.07, 6.45) is -0.971. The number of aliphatic hydroxyl groups excluding tert-OH is 2. The van der Waals surface area contributed by atoms with Crippen LogP contribution in [0.3, 0.4) is 0 Å². The number of rotatable bonds is 11. The van der Waals surface area contributed by atoms with E-state index in [1.165, 1.54) is 0 Å². The summed E-state index contributed by atoms with van der Waals surface area (Å²) in [6.45, 7) is 3.14. The van der Waals surface area contributed by atoms with Crippen molar-refractivity contribution in [3.05, 3.63) is 59.5 Å². The van der Waals surface area contributed by atoms with Gasteiger partial charge in [-0.25, -0.2) is 0 Å². The van der Waals surface area contributed by atoms with E-state index in [0.717, 1.165) is 5.56 Å². The Kier molecular flexibility index (Phi) is 10.0. The van der Waals surface area contributed by atoms with Crippen LogP contribution < -0.4 is 0 Å². The molecule has 29 heavy (non-hydrogen) atoms. The number of carbonyl (C=O) groups is 1. The molecule has 0 bridgehead atoms. The van der Waals surface area contributed by atoms with Crippen molar-refractivity contribution in [3.8, 4) is 11.8 Å². The fourth-order valence-electron chi connectivity index (χ4n) is 2.60. The van der Waals surface area contributed by atoms with Crippen LogP contribution in [0.25, 0.3) is 0 Å². The van der Waals surface area contributed by atoms with E-state index in [4.69, 9.17) is 13.9 Å². The number of aryl methyl sites for hydroxylation is 1. The highest BCUT2D eigenvalue weighted by Crippen LogP contribution is 2.22. The lowest BCUT2D eigenvalue weighted by Gasteiger charge is -2.13. The summed E-state index contributed by atoms with van der Waals surface area (Å²) in [5.41, 5.74) is 1.11. The molecule has 0 spiro atoms. The minimum absolute atomic E-state index is 0.124. The van der Waals surface area contributed by atoms with Gasteiger partial charge in [-0.3, -0.25) is 4.79 Å². The molecule has 0 amide bonds. The van der Waals surface area contributed by atoms with Crippen molar-refractivity contribution in [1.29, 1.82) is 0 Å². The Balaban J connectivity index is 1.66. The summed E-state index contributed by atoms with van der Waals surface area (Å²) in [4.78, 5) is 11.4. The number of carbonyl (C=O) groups excluding carboxylic acids is 1. The molecule has 1 aromatic heterocycles. The van der Waals surface area contributed by atoms with Gasteiger partial charge >= 0.3 is 5.97 Å². The Bertz CT molecular complexity index is 786. The molecule has 0 saturated heterocycles. The number of aliphatic hydroxyl groups is 2. The Hall–Kier alpha value is -2.59. The molecule has 0 unspecified atom stereocenters. The summed E-state index contributed by atoms with van der Waals surface area (Å²) in [5.74, 6) is 6.30. The van der Waals surface area contributed by atoms with E-state index in [2.05, 4.69) is 11.8 Å². The van der Waals surface area contributed by atoms with E-state index in [-0.39, 0.29) is 24.6 Å². The normalized spacial score (nSPS) is 12.7. The molecule has 0 radical (unpaired) electrons. The lowest BCUT2D eigenvalue weighted by molar-refractivity contribution is -0.143. The van der Waals surface area contributed by atoms with E-state index in [1.54, 1.807) is 19.1 Å². The minimum atomic E-state index is -1.17. The number of benzene rings is 1. The van der Waals surface area contributed by atoms with Crippen LogP contribution in [0, 0.1) is 11.8 Å². The van der Waals surface area contributed by atoms with Crippen LogP contribution in [0.2, 0.25) is 0 Å². The van der Waals surface area contributed by atoms with E-state index in [1.807, 2.05) is 30.3 Å². The van der Waals surface area contributed by atoms with Crippen LogP contribution in [-0.2, 0) is 27.3 Å². The Morgan fingerprint density at radius 1 is 1.14 bits per heavy atom. The minimum Gasteiger partial charge on any atom is -0.466 e. The Morgan fingerprint density at radius 2 is 1.93 bits per heavy atom. The highest BCUT2D eigenvalue weighted by molar-refractivity contribution is 5.69. The fraction of sp³-hybridized carbons (Fsp3) is 0.435. The second-order valence-electron chi connectivity index (χ2n) is 6.47. The van der Waals surface area contributed by atoms with Gasteiger partial charge in [0.15, 0.2) is 0 Å². The molecule has 0 fully saturated rings. The maximum atomic E-state index is 11.4. The van der Waals surface area contributed by atoms with Crippen LogP contribution in [-0.4, -0.2) is 35.5 Å². The molecule has 6 nitrogen and oxygen atoms in total. The van der Waals surface area contributed by atoms with Gasteiger partial charge in [0.2, 0.25) is 0 Å². The summed E-state index contributed by atoms with van der Waals surface area (Å²) < 4.78 is 15.9. The van der Waals surface area contributed by atoms with Gasteiger partial charge in [-0.05, 0) is 24.6 Å². The standard InChI is InChI=1S/C23H28O6/c1-2-28-22(25)15-13-19-12-14-21(29-19)23(26)20(24)11-7-4-8-16-27-17-18-9-5-3-6-10-18/h3,5-6,9-10,12,14,20,23-24,26H,2,8,11,13,15-17H2,1H3/t20-,23+/m1/s1. The predicted octanol–water partition coefficient (Wildman–Crippen LogP) is 3.17. The molecule has 1 aromatic carbocycles. The molecule has 2 atom stereocenters. The SMILES string of the molecule is CCOC(=O)CCc1ccc([C@@H](O)[C@H](O)CC#CCCOCc2ccccc2)o1. The molecule has 0 aliphatic carbocycles. The van der Waals surface area contributed by atoms with Gasteiger partial charge in [-0.15, -0.1) is 11.8 Å². The number of hydrogen-bond acceptors (Lipinski definition) is 6. The van der Waals surface area contributed by atoms with Gasteiger partial charge in [-0.1, -0.05) is 30.3 Å². The zero-order valence-corrected chi connectivity index (χ0v) is 16.7. The zero-order valence-electron chi connectivity index (χ0n) is 16.7. The smallest absolute Gasteiger partial charge is 0.306 e. The third kappa shape index (κ3) is 8.53. The van der Waals surface area contributed by atoms with Gasteiger partial charge in [0, 0.05) is 19.3 Å². The first-order chi connectivity index (χ1) is 14.1. The summed E-state index contributed by atoms with van der Waals surface area (Å²) in [6, 6.07) is 13.2. The van der Waals surface area contributed by atoms with Crippen LogP contribution in [0.1, 0.15) is 49.4 Å². The second kappa shape index (κ2) is 12.8. The number of ether oxygens (including phenoxy) is 2. The lowest BCUT2D eigenvalue weighted by atomic mass is 10.1. The molecule has 1 heterocycles. The lowest BCUT2D eigenvalue weighted by Crippen LogP contribution is -2.16. The molecule has 156 valence electrons. The van der Waals surface area contributed by atoms with Crippen molar-refractivity contribution in [2.45, 2.75) is 51.4 Å². The Labute approximate surface area is 171 Å². The van der Waals surface area contributed by atoms with Crippen molar-refractivity contribution < 1.29 is 28.9 Å². The van der Waals surface area contributed by atoms with Crippen molar-refractivity contribution in [3.63, 3.8) is 0 Å². The quantitative estimate of drug-likeness (QED) is 0.342. The number of furan rings is 1. The highest BCUT2D eigenvalue weighted by atomic mass is 16.5. The average Bonchev–Trinajstić information content (AvgIpc) is 3.21. The van der Waals surface area contributed by atoms with E-state index >= 15 is 0 Å². The first-order valence-corrected chi connectivity index (χ1v) is 9.78. The molecule has 0 aliphatic heterocycles. The van der Waals surface area contributed by atoms with Crippen molar-refractivity contribution in [2.24, 2.45) is 0 Å². The summed E-state index contributed by atoms with van der Waals surface area (Å²) in [7, 11) is 0. The largest absolute Gasteiger partial charge is 0.466 e. The molecular formula is C23H28O6. The molecule has 6 heteroatoms. The molecule has 0 saturated carbocycles. The van der Waals surface area contributed by atoms with Crippen molar-refractivity contribution in [1.82, 2.24) is 0 Å². The van der Waals surface area contributed by atoms with Crippen LogP contribution in [0.15, 0.2) is 46.9 Å². The van der Waals surface area contributed by atoms with Crippen LogP contribution >= 0.6 is 0 Å². The third-order valence-electron chi connectivity index (χ3n) is 4.14. The first kappa shape index (κ1) is 22.7. The predicted molar refractivity (Wildman–Crippen MR) is 108 cm³/mol. The third-order valence-corrected chi connectivity index (χ3v) is 4.14. The number of hydrogen-bond donors (Lipinski definition) is 2.